The van der Waals surface area contributed by atoms with Crippen LogP contribution in [-0.4, -0.2) is 25.7 Å². The predicted molar refractivity (Wildman–Crippen MR) is 69.7 cm³/mol. The van der Waals surface area contributed by atoms with Crippen molar-refractivity contribution >= 4 is 17.6 Å². The first-order valence-electron chi connectivity index (χ1n) is 5.80. The zero-order valence-corrected chi connectivity index (χ0v) is 10.4. The van der Waals surface area contributed by atoms with Gasteiger partial charge >= 0.3 is 5.97 Å². The highest BCUT2D eigenvalue weighted by Crippen LogP contribution is 2.24. The summed E-state index contributed by atoms with van der Waals surface area (Å²) in [6.07, 6.45) is 1.40. The minimum atomic E-state index is -1.24. The minimum absolute atomic E-state index is 0.0561. The summed E-state index contributed by atoms with van der Waals surface area (Å²) in [5, 5.41) is 13.0. The molecule has 0 unspecified atom stereocenters. The van der Waals surface area contributed by atoms with Gasteiger partial charge in [-0.3, -0.25) is 0 Å². The lowest BCUT2D eigenvalue weighted by atomic mass is 10.1. The van der Waals surface area contributed by atoms with E-state index in [0.29, 0.717) is 0 Å². The number of aromatic nitrogens is 3. The minimum Gasteiger partial charge on any atom is -0.478 e. The number of fused-ring (bicyclic) bond motifs is 1. The second kappa shape index (κ2) is 4.51. The van der Waals surface area contributed by atoms with Gasteiger partial charge in [0.05, 0.1) is 0 Å². The van der Waals surface area contributed by atoms with Crippen molar-refractivity contribution in [3.05, 3.63) is 47.7 Å². The van der Waals surface area contributed by atoms with Crippen LogP contribution in [0.5, 0.6) is 0 Å². The van der Waals surface area contributed by atoms with Gasteiger partial charge in [-0.05, 0) is 23.8 Å². The van der Waals surface area contributed by atoms with E-state index in [1.165, 1.54) is 12.3 Å². The molecular formula is C13H8F2N4O2. The highest BCUT2D eigenvalue weighted by atomic mass is 19.1. The van der Waals surface area contributed by atoms with E-state index in [1.807, 2.05) is 0 Å². The SMILES string of the molecule is Nc1nc2c(C(=O)O)cc(-c3cc(F)cc(F)c3)cn2n1. The summed E-state index contributed by atoms with van der Waals surface area (Å²) in [5.74, 6) is -2.87. The Morgan fingerprint density at radius 3 is 2.43 bits per heavy atom. The van der Waals surface area contributed by atoms with Gasteiger partial charge in [-0.2, -0.15) is 4.98 Å². The van der Waals surface area contributed by atoms with Crippen molar-refractivity contribution < 1.29 is 18.7 Å². The molecule has 106 valence electrons. The Morgan fingerprint density at radius 1 is 1.14 bits per heavy atom. The summed E-state index contributed by atoms with van der Waals surface area (Å²) in [6, 6.07) is 4.18. The Morgan fingerprint density at radius 2 is 1.81 bits per heavy atom. The number of nitrogens with zero attached hydrogens (tertiary/aromatic N) is 3. The molecule has 8 heteroatoms. The molecule has 0 aliphatic carbocycles. The molecular weight excluding hydrogens is 282 g/mol. The van der Waals surface area contributed by atoms with Gasteiger partial charge in [-0.1, -0.05) is 0 Å². The highest BCUT2D eigenvalue weighted by Gasteiger charge is 2.16. The molecule has 0 aliphatic heterocycles. The van der Waals surface area contributed by atoms with Gasteiger partial charge in [-0.15, -0.1) is 5.10 Å². The molecule has 3 N–H and O–H groups in total. The maximum absolute atomic E-state index is 13.3. The smallest absolute Gasteiger partial charge is 0.339 e. The van der Waals surface area contributed by atoms with Crippen LogP contribution in [0, 0.1) is 11.6 Å². The van der Waals surface area contributed by atoms with Crippen LogP contribution in [0.15, 0.2) is 30.5 Å². The Bertz CT molecular complexity index is 856. The van der Waals surface area contributed by atoms with E-state index in [0.717, 1.165) is 22.7 Å². The topological polar surface area (TPSA) is 93.5 Å². The summed E-state index contributed by atoms with van der Waals surface area (Å²) in [5.41, 5.74) is 5.80. The lowest BCUT2D eigenvalue weighted by molar-refractivity contribution is 0.0698. The molecule has 3 aromatic rings. The van der Waals surface area contributed by atoms with Gasteiger partial charge < -0.3 is 10.8 Å². The largest absolute Gasteiger partial charge is 0.478 e. The predicted octanol–water partition coefficient (Wildman–Crippen LogP) is 1.95. The molecule has 0 fully saturated rings. The maximum atomic E-state index is 13.3. The summed E-state index contributed by atoms with van der Waals surface area (Å²) >= 11 is 0. The normalized spacial score (nSPS) is 11.0. The van der Waals surface area contributed by atoms with Crippen molar-refractivity contribution in [3.63, 3.8) is 0 Å². The van der Waals surface area contributed by atoms with Crippen LogP contribution >= 0.6 is 0 Å². The van der Waals surface area contributed by atoms with Crippen molar-refractivity contribution in [1.82, 2.24) is 14.6 Å². The first-order chi connectivity index (χ1) is 9.94. The third-order valence-corrected chi connectivity index (χ3v) is 2.88. The first kappa shape index (κ1) is 13.0. The van der Waals surface area contributed by atoms with E-state index >= 15 is 0 Å². The van der Waals surface area contributed by atoms with Gasteiger partial charge in [0.1, 0.15) is 17.2 Å². The average molecular weight is 290 g/mol. The third-order valence-electron chi connectivity index (χ3n) is 2.88. The molecule has 0 saturated heterocycles. The third kappa shape index (κ3) is 2.27. The zero-order valence-electron chi connectivity index (χ0n) is 10.4. The molecule has 0 saturated carbocycles. The van der Waals surface area contributed by atoms with Crippen molar-refractivity contribution in [2.45, 2.75) is 0 Å². The molecule has 0 bridgehead atoms. The van der Waals surface area contributed by atoms with E-state index in [1.54, 1.807) is 0 Å². The number of hydrogen-bond donors (Lipinski definition) is 2. The van der Waals surface area contributed by atoms with Gasteiger partial charge in [0.25, 0.3) is 0 Å². The summed E-state index contributed by atoms with van der Waals surface area (Å²) < 4.78 is 27.7. The Balaban J connectivity index is 2.30. The number of carbonyl (C=O) groups is 1. The van der Waals surface area contributed by atoms with Crippen LogP contribution in [0.2, 0.25) is 0 Å². The van der Waals surface area contributed by atoms with Crippen LogP contribution in [0.4, 0.5) is 14.7 Å². The molecule has 0 spiro atoms. The number of hydrogen-bond acceptors (Lipinski definition) is 4. The molecule has 0 atom stereocenters. The zero-order chi connectivity index (χ0) is 15.1. The van der Waals surface area contributed by atoms with E-state index in [9.17, 15) is 18.7 Å². The van der Waals surface area contributed by atoms with Crippen molar-refractivity contribution in [3.8, 4) is 11.1 Å². The number of halogens is 2. The van der Waals surface area contributed by atoms with Crippen molar-refractivity contribution in [2.75, 3.05) is 5.73 Å². The second-order valence-electron chi connectivity index (χ2n) is 4.34. The number of nitrogens with two attached hydrogens (primary N) is 1. The van der Waals surface area contributed by atoms with Crippen LogP contribution in [0.1, 0.15) is 10.4 Å². The molecule has 0 amide bonds. The molecule has 3 rings (SSSR count). The molecule has 21 heavy (non-hydrogen) atoms. The molecule has 2 aromatic heterocycles. The van der Waals surface area contributed by atoms with Crippen molar-refractivity contribution in [2.24, 2.45) is 0 Å². The van der Waals surface area contributed by atoms with E-state index in [-0.39, 0.29) is 28.3 Å². The van der Waals surface area contributed by atoms with E-state index in [2.05, 4.69) is 10.1 Å². The van der Waals surface area contributed by atoms with E-state index < -0.39 is 17.6 Å². The van der Waals surface area contributed by atoms with Gasteiger partial charge in [0.2, 0.25) is 5.95 Å². The van der Waals surface area contributed by atoms with Crippen LogP contribution < -0.4 is 5.73 Å². The Labute approximate surface area is 116 Å². The quantitative estimate of drug-likeness (QED) is 0.752. The molecule has 0 aliphatic rings. The van der Waals surface area contributed by atoms with Crippen LogP contribution in [0.3, 0.4) is 0 Å². The fourth-order valence-electron chi connectivity index (χ4n) is 2.04. The van der Waals surface area contributed by atoms with Gasteiger partial charge in [0, 0.05) is 17.8 Å². The molecule has 1 aromatic carbocycles. The number of aromatic carboxylic acids is 1. The fraction of sp³-hybridized carbons (Fsp3) is 0. The standard InChI is InChI=1S/C13H8F2N4O2/c14-8-1-6(2-9(15)4-8)7-3-10(12(20)21)11-17-13(16)18-19(11)5-7/h1-5H,(H2,16,18)(H,20,21). The number of carboxylic acid groups (broad SMARTS) is 1. The number of pyridine rings is 1. The Kier molecular flexibility index (Phi) is 2.79. The average Bonchev–Trinajstić information content (AvgIpc) is 2.76. The molecule has 0 radical (unpaired) electrons. The summed E-state index contributed by atoms with van der Waals surface area (Å²) in [6.45, 7) is 0. The monoisotopic (exact) mass is 290 g/mol. The number of rotatable bonds is 2. The maximum Gasteiger partial charge on any atom is 0.339 e. The number of carboxylic acids is 1. The molecule has 6 nitrogen and oxygen atoms in total. The second-order valence-corrected chi connectivity index (χ2v) is 4.34. The van der Waals surface area contributed by atoms with Crippen LogP contribution in [0.25, 0.3) is 16.8 Å². The first-order valence-corrected chi connectivity index (χ1v) is 5.80. The van der Waals surface area contributed by atoms with Gasteiger partial charge in [-0.25, -0.2) is 18.1 Å². The summed E-state index contributed by atoms with van der Waals surface area (Å²) in [4.78, 5) is 15.1. The summed E-state index contributed by atoms with van der Waals surface area (Å²) in [7, 11) is 0. The number of benzene rings is 1. The lowest BCUT2D eigenvalue weighted by Gasteiger charge is -2.05. The van der Waals surface area contributed by atoms with Crippen LogP contribution in [-0.2, 0) is 0 Å². The Hall–Kier alpha value is -3.03. The number of nitrogen functional groups attached to an aromatic ring is 1. The lowest BCUT2D eigenvalue weighted by Crippen LogP contribution is -2.02. The molecule has 2 heterocycles. The number of anilines is 1. The van der Waals surface area contributed by atoms with E-state index in [4.69, 9.17) is 5.73 Å². The van der Waals surface area contributed by atoms with Gasteiger partial charge in [0.15, 0.2) is 5.65 Å². The fourth-order valence-corrected chi connectivity index (χ4v) is 2.04. The highest BCUT2D eigenvalue weighted by molar-refractivity contribution is 5.96. The van der Waals surface area contributed by atoms with Crippen molar-refractivity contribution in [1.29, 1.82) is 0 Å².